The van der Waals surface area contributed by atoms with Crippen molar-refractivity contribution in [2.45, 2.75) is 39.3 Å². The Bertz CT molecular complexity index is 1050. The fourth-order valence-electron chi connectivity index (χ4n) is 3.16. The molecule has 4 rings (SSSR count). The highest BCUT2D eigenvalue weighted by molar-refractivity contribution is 5.91. The molecule has 0 saturated heterocycles. The lowest BCUT2D eigenvalue weighted by molar-refractivity contribution is -0.117. The van der Waals surface area contributed by atoms with Gasteiger partial charge in [0.15, 0.2) is 5.82 Å². The largest absolute Gasteiger partial charge is 0.346 e. The van der Waals surface area contributed by atoms with Crippen LogP contribution in [0, 0.1) is 13.8 Å². The minimum atomic E-state index is -0.276. The number of hydrogen-bond donors (Lipinski definition) is 1. The van der Waals surface area contributed by atoms with Crippen LogP contribution in [-0.4, -0.2) is 25.2 Å². The zero-order valence-corrected chi connectivity index (χ0v) is 15.3. The number of carbonyl (C=O) groups is 1. The quantitative estimate of drug-likeness (QED) is 0.756. The third-order valence-electron chi connectivity index (χ3n) is 4.65. The van der Waals surface area contributed by atoms with Gasteiger partial charge < -0.3 is 5.32 Å². The standard InChI is InChI=1S/C20H21N5O2/c1-13-5-8-17(14(2)10-13)22-18(26)12-24-20(27)25(16-6-7-16)19(23-24)15-4-3-9-21-11-15/h3-5,8-11,16H,6-7,12H2,1-2H3,(H,22,26). The molecule has 7 nitrogen and oxygen atoms in total. The molecule has 0 bridgehead atoms. The molecule has 3 aromatic rings. The Kier molecular flexibility index (Phi) is 4.35. The molecule has 7 heteroatoms. The summed E-state index contributed by atoms with van der Waals surface area (Å²) in [6, 6.07) is 9.65. The topological polar surface area (TPSA) is 81.8 Å². The first kappa shape index (κ1) is 17.2. The molecule has 2 aromatic heterocycles. The smallest absolute Gasteiger partial charge is 0.324 e. The number of aryl methyl sites for hydroxylation is 2. The van der Waals surface area contributed by atoms with Gasteiger partial charge in [0, 0.05) is 29.7 Å². The number of benzene rings is 1. The Morgan fingerprint density at radius 2 is 2.07 bits per heavy atom. The van der Waals surface area contributed by atoms with E-state index in [2.05, 4.69) is 15.4 Å². The average molecular weight is 363 g/mol. The summed E-state index contributed by atoms with van der Waals surface area (Å²) in [7, 11) is 0. The van der Waals surface area contributed by atoms with Gasteiger partial charge in [0.1, 0.15) is 6.54 Å². The van der Waals surface area contributed by atoms with Crippen molar-refractivity contribution in [3.8, 4) is 11.4 Å². The van der Waals surface area contributed by atoms with Crippen molar-refractivity contribution >= 4 is 11.6 Å². The molecule has 27 heavy (non-hydrogen) atoms. The number of pyridine rings is 1. The maximum atomic E-state index is 12.8. The third kappa shape index (κ3) is 3.53. The van der Waals surface area contributed by atoms with Crippen molar-refractivity contribution in [3.05, 3.63) is 64.3 Å². The molecule has 0 atom stereocenters. The molecule has 1 aromatic carbocycles. The van der Waals surface area contributed by atoms with E-state index >= 15 is 0 Å². The maximum Gasteiger partial charge on any atom is 0.346 e. The van der Waals surface area contributed by atoms with Crippen LogP contribution in [0.2, 0.25) is 0 Å². The Morgan fingerprint density at radius 3 is 2.74 bits per heavy atom. The van der Waals surface area contributed by atoms with Crippen LogP contribution in [0.5, 0.6) is 0 Å². The highest BCUT2D eigenvalue weighted by Crippen LogP contribution is 2.36. The second-order valence-corrected chi connectivity index (χ2v) is 6.97. The number of nitrogens with zero attached hydrogens (tertiary/aromatic N) is 4. The van der Waals surface area contributed by atoms with E-state index in [1.807, 2.05) is 44.2 Å². The van der Waals surface area contributed by atoms with Gasteiger partial charge in [-0.3, -0.25) is 14.3 Å². The van der Waals surface area contributed by atoms with Crippen LogP contribution in [-0.2, 0) is 11.3 Å². The minimum absolute atomic E-state index is 0.126. The van der Waals surface area contributed by atoms with Crippen LogP contribution in [0.3, 0.4) is 0 Å². The van der Waals surface area contributed by atoms with Crippen molar-refractivity contribution in [2.75, 3.05) is 5.32 Å². The second-order valence-electron chi connectivity index (χ2n) is 6.97. The zero-order chi connectivity index (χ0) is 19.0. The summed E-state index contributed by atoms with van der Waals surface area (Å²) in [6.07, 6.45) is 5.26. The second kappa shape index (κ2) is 6.83. The van der Waals surface area contributed by atoms with Crippen LogP contribution in [0.4, 0.5) is 5.69 Å². The molecular weight excluding hydrogens is 342 g/mol. The van der Waals surface area contributed by atoms with Gasteiger partial charge in [0.2, 0.25) is 5.91 Å². The summed E-state index contributed by atoms with van der Waals surface area (Å²) in [4.78, 5) is 29.4. The predicted molar refractivity (Wildman–Crippen MR) is 103 cm³/mol. The fraction of sp³-hybridized carbons (Fsp3) is 0.300. The van der Waals surface area contributed by atoms with Crippen molar-refractivity contribution < 1.29 is 4.79 Å². The van der Waals surface area contributed by atoms with Crippen LogP contribution < -0.4 is 11.0 Å². The maximum absolute atomic E-state index is 12.8. The fourth-order valence-corrected chi connectivity index (χ4v) is 3.16. The van der Waals surface area contributed by atoms with E-state index in [1.165, 1.54) is 4.68 Å². The summed E-state index contributed by atoms with van der Waals surface area (Å²) in [5.74, 6) is 0.289. The average Bonchev–Trinajstić information content (AvgIpc) is 3.43. The van der Waals surface area contributed by atoms with E-state index in [0.717, 1.165) is 35.2 Å². The summed E-state index contributed by atoms with van der Waals surface area (Å²) in [5.41, 5.74) is 3.37. The van der Waals surface area contributed by atoms with Crippen LogP contribution in [0.1, 0.15) is 30.0 Å². The number of carbonyl (C=O) groups excluding carboxylic acids is 1. The minimum Gasteiger partial charge on any atom is -0.324 e. The van der Waals surface area contributed by atoms with E-state index in [9.17, 15) is 9.59 Å². The summed E-state index contributed by atoms with van der Waals surface area (Å²) < 4.78 is 2.92. The molecule has 1 aliphatic rings. The first-order valence-corrected chi connectivity index (χ1v) is 9.00. The molecule has 0 aliphatic heterocycles. The van der Waals surface area contributed by atoms with Crippen molar-refractivity contribution in [3.63, 3.8) is 0 Å². The number of nitrogens with one attached hydrogen (secondary N) is 1. The van der Waals surface area contributed by atoms with E-state index in [1.54, 1.807) is 17.0 Å². The zero-order valence-electron chi connectivity index (χ0n) is 15.3. The van der Waals surface area contributed by atoms with Gasteiger partial charge in [-0.25, -0.2) is 9.48 Å². The highest BCUT2D eigenvalue weighted by Gasteiger charge is 2.30. The van der Waals surface area contributed by atoms with Gasteiger partial charge in [0.25, 0.3) is 0 Å². The Labute approximate surface area is 156 Å². The molecule has 1 aliphatic carbocycles. The van der Waals surface area contributed by atoms with Gasteiger partial charge in [-0.2, -0.15) is 0 Å². The van der Waals surface area contributed by atoms with E-state index in [4.69, 9.17) is 0 Å². The van der Waals surface area contributed by atoms with E-state index < -0.39 is 0 Å². The number of anilines is 1. The van der Waals surface area contributed by atoms with E-state index in [0.29, 0.717) is 5.82 Å². The monoisotopic (exact) mass is 363 g/mol. The normalized spacial score (nSPS) is 13.6. The number of hydrogen-bond acceptors (Lipinski definition) is 4. The Balaban J connectivity index is 1.60. The molecule has 0 spiro atoms. The van der Waals surface area contributed by atoms with Gasteiger partial charge in [0.05, 0.1) is 0 Å². The molecule has 1 saturated carbocycles. The number of amides is 1. The first-order chi connectivity index (χ1) is 13.0. The molecule has 138 valence electrons. The van der Waals surface area contributed by atoms with Crippen LogP contribution in [0.15, 0.2) is 47.5 Å². The molecule has 1 amide bonds. The van der Waals surface area contributed by atoms with Crippen molar-refractivity contribution in [2.24, 2.45) is 0 Å². The summed E-state index contributed by atoms with van der Waals surface area (Å²) in [5, 5.41) is 7.29. The lowest BCUT2D eigenvalue weighted by Gasteiger charge is -2.08. The van der Waals surface area contributed by atoms with Gasteiger partial charge in [-0.15, -0.1) is 5.10 Å². The molecular formula is C20H21N5O2. The lowest BCUT2D eigenvalue weighted by Crippen LogP contribution is -2.30. The lowest BCUT2D eigenvalue weighted by atomic mass is 10.1. The van der Waals surface area contributed by atoms with Gasteiger partial charge >= 0.3 is 5.69 Å². The predicted octanol–water partition coefficient (Wildman–Crippen LogP) is 2.70. The van der Waals surface area contributed by atoms with Crippen molar-refractivity contribution in [1.29, 1.82) is 0 Å². The third-order valence-corrected chi connectivity index (χ3v) is 4.65. The Morgan fingerprint density at radius 1 is 1.26 bits per heavy atom. The Hall–Kier alpha value is -3.22. The summed E-state index contributed by atoms with van der Waals surface area (Å²) in [6.45, 7) is 3.82. The number of rotatable bonds is 5. The first-order valence-electron chi connectivity index (χ1n) is 9.00. The SMILES string of the molecule is Cc1ccc(NC(=O)Cn2nc(-c3cccnc3)n(C3CC3)c2=O)c(C)c1. The van der Waals surface area contributed by atoms with Crippen LogP contribution in [0.25, 0.3) is 11.4 Å². The van der Waals surface area contributed by atoms with Gasteiger partial charge in [-0.05, 0) is 50.5 Å². The van der Waals surface area contributed by atoms with E-state index in [-0.39, 0.29) is 24.2 Å². The summed E-state index contributed by atoms with van der Waals surface area (Å²) >= 11 is 0. The highest BCUT2D eigenvalue weighted by atomic mass is 16.2. The molecule has 1 fully saturated rings. The van der Waals surface area contributed by atoms with Crippen LogP contribution >= 0.6 is 0 Å². The van der Waals surface area contributed by atoms with Crippen molar-refractivity contribution in [1.82, 2.24) is 19.3 Å². The number of aromatic nitrogens is 4. The molecule has 0 unspecified atom stereocenters. The molecule has 0 radical (unpaired) electrons. The molecule has 1 N–H and O–H groups in total. The van der Waals surface area contributed by atoms with Gasteiger partial charge in [-0.1, -0.05) is 17.7 Å². The molecule has 2 heterocycles.